The van der Waals surface area contributed by atoms with E-state index in [1.54, 1.807) is 0 Å². The van der Waals surface area contributed by atoms with Crippen LogP contribution in [-0.4, -0.2) is 29.0 Å². The summed E-state index contributed by atoms with van der Waals surface area (Å²) in [5, 5.41) is 8.78. The lowest BCUT2D eigenvalue weighted by molar-refractivity contribution is -0.118. The lowest BCUT2D eigenvalue weighted by Gasteiger charge is -2.04. The lowest BCUT2D eigenvalue weighted by Crippen LogP contribution is -2.29. The van der Waals surface area contributed by atoms with Crippen molar-refractivity contribution < 1.29 is 14.7 Å². The Hall–Kier alpha value is -1.29. The highest BCUT2D eigenvalue weighted by atomic mass is 16.3. The Bertz CT molecular complexity index is 229. The molecule has 0 bridgehead atoms. The first-order chi connectivity index (χ1) is 4.75. The molecule has 1 heterocycles. The van der Waals surface area contributed by atoms with E-state index in [1.165, 1.54) is 18.6 Å². The fourth-order valence-corrected chi connectivity index (χ4v) is 0.567. The number of hydrogen-bond acceptors (Lipinski definition) is 4. The van der Waals surface area contributed by atoms with Gasteiger partial charge in [-0.2, -0.15) is 0 Å². The van der Waals surface area contributed by atoms with Gasteiger partial charge in [0.1, 0.15) is 6.10 Å². The van der Waals surface area contributed by atoms with Crippen LogP contribution in [0.4, 0.5) is 0 Å². The first-order valence-corrected chi connectivity index (χ1v) is 2.60. The molecule has 1 rings (SSSR count). The molecule has 1 aliphatic rings. The first kappa shape index (κ1) is 6.82. The van der Waals surface area contributed by atoms with Gasteiger partial charge >= 0.3 is 0 Å². The van der Waals surface area contributed by atoms with Gasteiger partial charge in [-0.3, -0.25) is 9.59 Å². The largest absolute Gasteiger partial charge is 0.381 e. The molecule has 0 saturated heterocycles. The van der Waals surface area contributed by atoms with Crippen LogP contribution in [0.1, 0.15) is 0 Å². The highest BCUT2D eigenvalue weighted by molar-refractivity contribution is 6.61. The van der Waals surface area contributed by atoms with E-state index < -0.39 is 11.9 Å². The second-order valence-corrected chi connectivity index (χ2v) is 1.73. The quantitative estimate of drug-likeness (QED) is 0.505. The lowest BCUT2D eigenvalue weighted by atomic mass is 10.1. The summed E-state index contributed by atoms with van der Waals surface area (Å²) in [4.78, 5) is 23.9. The molecule has 0 aromatic heterocycles. The normalized spacial score (nSPS) is 24.3. The van der Waals surface area contributed by atoms with Gasteiger partial charge in [-0.1, -0.05) is 0 Å². The van der Waals surface area contributed by atoms with E-state index in [0.29, 0.717) is 0 Å². The van der Waals surface area contributed by atoms with Crippen molar-refractivity contribution in [2.24, 2.45) is 4.99 Å². The average Bonchev–Trinajstić information content (AvgIpc) is 1.95. The van der Waals surface area contributed by atoms with Crippen LogP contribution in [-0.2, 0) is 9.59 Å². The number of Topliss-reactive ketones (excluding diaryl/α,β-unsaturated/α-hetero) is 1. The number of aliphatic hydroxyl groups is 1. The zero-order valence-electron chi connectivity index (χ0n) is 4.94. The molecule has 4 nitrogen and oxygen atoms in total. The molecule has 1 aliphatic heterocycles. The minimum Gasteiger partial charge on any atom is -0.381 e. The summed E-state index contributed by atoms with van der Waals surface area (Å²) < 4.78 is 0. The van der Waals surface area contributed by atoms with Gasteiger partial charge in [0.05, 0.1) is 0 Å². The van der Waals surface area contributed by atoms with E-state index >= 15 is 0 Å². The van der Waals surface area contributed by atoms with E-state index in [4.69, 9.17) is 5.11 Å². The maximum Gasteiger partial charge on any atom is 0.257 e. The molecule has 0 fully saturated rings. The molecular weight excluding hydrogens is 134 g/mol. The molecule has 0 saturated carbocycles. The number of hydrogen-bond donors (Lipinski definition) is 1. The maximum absolute atomic E-state index is 10.7. The van der Waals surface area contributed by atoms with Gasteiger partial charge in [0, 0.05) is 6.20 Å². The van der Waals surface area contributed by atoms with Crippen molar-refractivity contribution in [2.75, 3.05) is 0 Å². The van der Waals surface area contributed by atoms with E-state index in [1.807, 2.05) is 0 Å². The van der Waals surface area contributed by atoms with Crippen molar-refractivity contribution >= 4 is 17.8 Å². The molecule has 1 N–H and O–H groups in total. The summed E-state index contributed by atoms with van der Waals surface area (Å²) in [6.45, 7) is 0. The Morgan fingerprint density at radius 2 is 2.40 bits per heavy atom. The van der Waals surface area contributed by atoms with Crippen LogP contribution < -0.4 is 0 Å². The van der Waals surface area contributed by atoms with Crippen molar-refractivity contribution in [1.29, 1.82) is 0 Å². The highest BCUT2D eigenvalue weighted by Gasteiger charge is 2.20. The average molecular weight is 138 g/mol. The van der Waals surface area contributed by atoms with Gasteiger partial charge in [-0.15, -0.1) is 0 Å². The Labute approximate surface area is 56.9 Å². The Morgan fingerprint density at radius 1 is 1.70 bits per heavy atom. The third kappa shape index (κ3) is 1.01. The minimum absolute atomic E-state index is 0.352. The van der Waals surface area contributed by atoms with E-state index in [-0.39, 0.29) is 5.71 Å². The number of aliphatic imine (C=N–C) groups is 1. The number of rotatable bonds is 1. The van der Waals surface area contributed by atoms with Crippen LogP contribution in [0.3, 0.4) is 0 Å². The molecule has 1 unspecified atom stereocenters. The van der Waals surface area contributed by atoms with Crippen LogP contribution in [0.5, 0.6) is 0 Å². The predicted octanol–water partition coefficient (Wildman–Crippen LogP) is -1.01. The standard InChI is InChI=1S/C6H4NO3/c8-3-4-6(10)5(9)1-2-7-4/h1-2,5,9H. The Kier molecular flexibility index (Phi) is 1.73. The van der Waals surface area contributed by atoms with Crippen molar-refractivity contribution in [1.82, 2.24) is 0 Å². The van der Waals surface area contributed by atoms with Crippen molar-refractivity contribution in [3.8, 4) is 0 Å². The van der Waals surface area contributed by atoms with Gasteiger partial charge in [0.15, 0.2) is 5.71 Å². The number of carbonyl (C=O) groups is 1. The number of ketones is 1. The van der Waals surface area contributed by atoms with Crippen molar-refractivity contribution in [3.05, 3.63) is 12.3 Å². The number of carbonyl (C=O) groups excluding carboxylic acids is 2. The number of nitrogens with zero attached hydrogens (tertiary/aromatic N) is 1. The molecule has 0 aliphatic carbocycles. The highest BCUT2D eigenvalue weighted by Crippen LogP contribution is 1.97. The molecule has 0 aromatic rings. The first-order valence-electron chi connectivity index (χ1n) is 2.60. The van der Waals surface area contributed by atoms with Crippen LogP contribution in [0, 0.1) is 0 Å². The topological polar surface area (TPSA) is 66.7 Å². The second-order valence-electron chi connectivity index (χ2n) is 1.73. The third-order valence-electron chi connectivity index (χ3n) is 1.07. The molecule has 10 heavy (non-hydrogen) atoms. The zero-order valence-corrected chi connectivity index (χ0v) is 4.94. The minimum atomic E-state index is -1.23. The van der Waals surface area contributed by atoms with Crippen molar-refractivity contribution in [3.63, 3.8) is 0 Å². The molecule has 0 amide bonds. The van der Waals surface area contributed by atoms with E-state index in [0.717, 1.165) is 0 Å². The zero-order chi connectivity index (χ0) is 7.56. The molecule has 0 aromatic carbocycles. The Balaban J connectivity index is 2.92. The fraction of sp³-hybridized carbons (Fsp3) is 0.167. The molecular formula is C6H4NO3. The van der Waals surface area contributed by atoms with Crippen LogP contribution in [0.2, 0.25) is 0 Å². The molecule has 4 heteroatoms. The van der Waals surface area contributed by atoms with Gasteiger partial charge < -0.3 is 5.11 Å². The molecule has 0 spiro atoms. The molecule has 1 atom stereocenters. The summed E-state index contributed by atoms with van der Waals surface area (Å²) in [5.41, 5.74) is -0.352. The third-order valence-corrected chi connectivity index (χ3v) is 1.07. The van der Waals surface area contributed by atoms with Crippen molar-refractivity contribution in [2.45, 2.75) is 6.10 Å². The predicted molar refractivity (Wildman–Crippen MR) is 33.3 cm³/mol. The summed E-state index contributed by atoms with van der Waals surface area (Å²) >= 11 is 0. The van der Waals surface area contributed by atoms with E-state index in [9.17, 15) is 9.59 Å². The molecule has 51 valence electrons. The smallest absolute Gasteiger partial charge is 0.257 e. The summed E-state index contributed by atoms with van der Waals surface area (Å²) in [6, 6.07) is 0. The summed E-state index contributed by atoms with van der Waals surface area (Å²) in [5.74, 6) is -0.697. The number of aliphatic hydroxyl groups excluding tert-OH is 1. The molecule has 1 radical (unpaired) electrons. The Morgan fingerprint density at radius 3 is 2.90 bits per heavy atom. The maximum atomic E-state index is 10.7. The van der Waals surface area contributed by atoms with Crippen LogP contribution in [0.25, 0.3) is 0 Å². The summed E-state index contributed by atoms with van der Waals surface area (Å²) in [6.07, 6.45) is 2.49. The fourth-order valence-electron chi connectivity index (χ4n) is 0.567. The SMILES string of the molecule is O=[C]C1=NC=CC(O)C1=O. The van der Waals surface area contributed by atoms with Gasteiger partial charge in [0.2, 0.25) is 5.78 Å². The monoisotopic (exact) mass is 138 g/mol. The van der Waals surface area contributed by atoms with Gasteiger partial charge in [-0.05, 0) is 6.08 Å². The van der Waals surface area contributed by atoms with Gasteiger partial charge in [-0.25, -0.2) is 4.99 Å². The summed E-state index contributed by atoms with van der Waals surface area (Å²) in [7, 11) is 0. The van der Waals surface area contributed by atoms with E-state index in [2.05, 4.69) is 4.99 Å². The van der Waals surface area contributed by atoms with Crippen LogP contribution >= 0.6 is 0 Å². The van der Waals surface area contributed by atoms with Gasteiger partial charge in [0.25, 0.3) is 6.29 Å². The van der Waals surface area contributed by atoms with Crippen LogP contribution in [0.15, 0.2) is 17.3 Å². The second kappa shape index (κ2) is 2.53.